The fraction of sp³-hybridized carbons (Fsp3) is 0.571. The lowest BCUT2D eigenvalue weighted by atomic mass is 9.95. The van der Waals surface area contributed by atoms with Gasteiger partial charge in [0.05, 0.1) is 12.1 Å². The van der Waals surface area contributed by atoms with Crippen LogP contribution in [0, 0.1) is 13.8 Å². The number of nitrogens with zero attached hydrogens (tertiary/aromatic N) is 1. The highest BCUT2D eigenvalue weighted by Gasteiger charge is 2.12. The predicted molar refractivity (Wildman–Crippen MR) is 71.5 cm³/mol. The van der Waals surface area contributed by atoms with E-state index in [2.05, 4.69) is 18.0 Å². The van der Waals surface area contributed by atoms with E-state index in [9.17, 15) is 4.79 Å². The predicted octanol–water partition coefficient (Wildman–Crippen LogP) is 3.76. The molecule has 0 saturated carbocycles. The Morgan fingerprint density at radius 3 is 2.76 bits per heavy atom. The third-order valence-electron chi connectivity index (χ3n) is 3.23. The maximum absolute atomic E-state index is 11.9. The van der Waals surface area contributed by atoms with E-state index in [0.29, 0.717) is 18.6 Å². The zero-order valence-electron chi connectivity index (χ0n) is 10.6. The van der Waals surface area contributed by atoms with Crippen LogP contribution < -0.4 is 0 Å². The minimum Gasteiger partial charge on any atom is -0.299 e. The van der Waals surface area contributed by atoms with Gasteiger partial charge in [-0.05, 0) is 39.5 Å². The van der Waals surface area contributed by atoms with Crippen molar-refractivity contribution in [3.8, 4) is 0 Å². The molecule has 92 valence electrons. The molecule has 0 amide bonds. The minimum absolute atomic E-state index is 0.312. The van der Waals surface area contributed by atoms with Crippen LogP contribution in [0.1, 0.15) is 47.7 Å². The number of hydrogen-bond acceptors (Lipinski definition) is 3. The molecule has 3 heteroatoms. The van der Waals surface area contributed by atoms with Gasteiger partial charge >= 0.3 is 0 Å². The van der Waals surface area contributed by atoms with Crippen LogP contribution in [0.5, 0.6) is 0 Å². The van der Waals surface area contributed by atoms with Crippen LogP contribution in [0.15, 0.2) is 11.6 Å². The molecule has 17 heavy (non-hydrogen) atoms. The summed E-state index contributed by atoms with van der Waals surface area (Å²) in [6, 6.07) is 0. The number of allylic oxidation sites excluding steroid dienone is 2. The third-order valence-corrected chi connectivity index (χ3v) is 4.30. The Hall–Kier alpha value is -0.960. The van der Waals surface area contributed by atoms with Gasteiger partial charge in [-0.2, -0.15) is 0 Å². The molecule has 1 aliphatic carbocycles. The number of hydrogen-bond donors (Lipinski definition) is 0. The number of aromatic nitrogens is 1. The largest absolute Gasteiger partial charge is 0.299 e. The van der Waals surface area contributed by atoms with Gasteiger partial charge in [0.25, 0.3) is 0 Å². The quantitative estimate of drug-likeness (QED) is 0.760. The van der Waals surface area contributed by atoms with Crippen molar-refractivity contribution in [2.75, 3.05) is 0 Å². The van der Waals surface area contributed by atoms with Crippen molar-refractivity contribution in [1.29, 1.82) is 0 Å². The number of thiazole rings is 1. The van der Waals surface area contributed by atoms with Crippen LogP contribution in [0.25, 0.3) is 0 Å². The van der Waals surface area contributed by atoms with Crippen LogP contribution in [-0.2, 0) is 11.2 Å². The standard InChI is InChI=1S/C14H19NOS/c1-10-11(2)17-14(15-10)9-13(16)8-12-6-4-3-5-7-12/h6H,3-5,7-9H2,1-2H3. The van der Waals surface area contributed by atoms with Gasteiger partial charge in [0.15, 0.2) is 0 Å². The van der Waals surface area contributed by atoms with E-state index >= 15 is 0 Å². The lowest BCUT2D eigenvalue weighted by Gasteiger charge is -2.11. The summed E-state index contributed by atoms with van der Waals surface area (Å²) in [6.07, 6.45) is 8.19. The van der Waals surface area contributed by atoms with Crippen molar-refractivity contribution >= 4 is 17.1 Å². The summed E-state index contributed by atoms with van der Waals surface area (Å²) < 4.78 is 0. The van der Waals surface area contributed by atoms with Crippen LogP contribution in [0.3, 0.4) is 0 Å². The van der Waals surface area contributed by atoms with E-state index in [0.717, 1.165) is 23.5 Å². The van der Waals surface area contributed by atoms with Gasteiger partial charge in [0.1, 0.15) is 10.8 Å². The van der Waals surface area contributed by atoms with Crippen molar-refractivity contribution in [2.45, 2.75) is 52.4 Å². The summed E-state index contributed by atoms with van der Waals surface area (Å²) >= 11 is 1.65. The average Bonchev–Trinajstić information content (AvgIpc) is 2.59. The molecular formula is C14H19NOS. The SMILES string of the molecule is Cc1nc(CC(=O)CC2=CCCCC2)sc1C. The van der Waals surface area contributed by atoms with E-state index in [4.69, 9.17) is 0 Å². The van der Waals surface area contributed by atoms with Crippen molar-refractivity contribution in [2.24, 2.45) is 0 Å². The number of aryl methyl sites for hydroxylation is 2. The lowest BCUT2D eigenvalue weighted by Crippen LogP contribution is -2.05. The molecule has 0 saturated heterocycles. The number of ketones is 1. The van der Waals surface area contributed by atoms with E-state index < -0.39 is 0 Å². The van der Waals surface area contributed by atoms with Gasteiger partial charge in [-0.3, -0.25) is 4.79 Å². The summed E-state index contributed by atoms with van der Waals surface area (Å²) in [6.45, 7) is 4.06. The number of rotatable bonds is 4. The van der Waals surface area contributed by atoms with E-state index in [1.807, 2.05) is 6.92 Å². The molecule has 1 aromatic rings. The number of Topliss-reactive ketones (excluding diaryl/α,β-unsaturated/α-hetero) is 1. The van der Waals surface area contributed by atoms with Crippen molar-refractivity contribution < 1.29 is 4.79 Å². The second kappa shape index (κ2) is 5.58. The Kier molecular flexibility index (Phi) is 4.11. The summed E-state index contributed by atoms with van der Waals surface area (Å²) in [5.74, 6) is 0.312. The Labute approximate surface area is 107 Å². The van der Waals surface area contributed by atoms with Crippen LogP contribution in [0.2, 0.25) is 0 Å². The first-order chi connectivity index (χ1) is 8.15. The zero-order chi connectivity index (χ0) is 12.3. The topological polar surface area (TPSA) is 30.0 Å². The molecular weight excluding hydrogens is 230 g/mol. The van der Waals surface area contributed by atoms with E-state index in [-0.39, 0.29) is 0 Å². The number of carbonyl (C=O) groups excluding carboxylic acids is 1. The number of carbonyl (C=O) groups is 1. The normalized spacial score (nSPS) is 15.8. The Bertz CT molecular complexity index is 426. The minimum atomic E-state index is 0.312. The highest BCUT2D eigenvalue weighted by Crippen LogP contribution is 2.22. The molecule has 0 atom stereocenters. The maximum atomic E-state index is 11.9. The molecule has 1 aliphatic rings. The molecule has 0 N–H and O–H groups in total. The van der Waals surface area contributed by atoms with Gasteiger partial charge in [-0.25, -0.2) is 4.98 Å². The average molecular weight is 249 g/mol. The van der Waals surface area contributed by atoms with Crippen LogP contribution in [-0.4, -0.2) is 10.8 Å². The van der Waals surface area contributed by atoms with Gasteiger partial charge < -0.3 is 0 Å². The van der Waals surface area contributed by atoms with Gasteiger partial charge in [-0.15, -0.1) is 11.3 Å². The zero-order valence-corrected chi connectivity index (χ0v) is 11.4. The van der Waals surface area contributed by atoms with E-state index in [1.54, 1.807) is 11.3 Å². The second-order valence-electron chi connectivity index (χ2n) is 4.75. The first kappa shape index (κ1) is 12.5. The van der Waals surface area contributed by atoms with Crippen molar-refractivity contribution in [3.05, 3.63) is 27.2 Å². The molecule has 0 aliphatic heterocycles. The molecule has 0 unspecified atom stereocenters. The third kappa shape index (κ3) is 3.50. The Morgan fingerprint density at radius 1 is 1.35 bits per heavy atom. The monoisotopic (exact) mass is 249 g/mol. The molecule has 2 nitrogen and oxygen atoms in total. The van der Waals surface area contributed by atoms with Crippen molar-refractivity contribution in [1.82, 2.24) is 4.98 Å². The van der Waals surface area contributed by atoms with Crippen molar-refractivity contribution in [3.63, 3.8) is 0 Å². The molecule has 1 heterocycles. The van der Waals surface area contributed by atoms with E-state index in [1.165, 1.54) is 23.3 Å². The molecule has 0 bridgehead atoms. The van der Waals surface area contributed by atoms with Gasteiger partial charge in [0, 0.05) is 11.3 Å². The summed E-state index contributed by atoms with van der Waals surface area (Å²) in [4.78, 5) is 17.6. The summed E-state index contributed by atoms with van der Waals surface area (Å²) in [5.41, 5.74) is 2.40. The molecule has 0 fully saturated rings. The Morgan fingerprint density at radius 2 is 2.18 bits per heavy atom. The van der Waals surface area contributed by atoms with Crippen LogP contribution >= 0.6 is 11.3 Å². The molecule has 0 aromatic carbocycles. The molecule has 1 aromatic heterocycles. The summed E-state index contributed by atoms with van der Waals surface area (Å²) in [7, 11) is 0. The van der Waals surface area contributed by atoms with Gasteiger partial charge in [-0.1, -0.05) is 11.6 Å². The highest BCUT2D eigenvalue weighted by molar-refractivity contribution is 7.11. The first-order valence-electron chi connectivity index (χ1n) is 6.27. The fourth-order valence-corrected chi connectivity index (χ4v) is 3.13. The molecule has 0 radical (unpaired) electrons. The first-order valence-corrected chi connectivity index (χ1v) is 7.09. The highest BCUT2D eigenvalue weighted by atomic mass is 32.1. The molecule has 0 spiro atoms. The van der Waals surface area contributed by atoms with Gasteiger partial charge in [0.2, 0.25) is 0 Å². The summed E-state index contributed by atoms with van der Waals surface area (Å²) in [5, 5.41) is 0.974. The molecule has 2 rings (SSSR count). The Balaban J connectivity index is 1.90. The maximum Gasteiger partial charge on any atom is 0.143 e. The van der Waals surface area contributed by atoms with Crippen LogP contribution in [0.4, 0.5) is 0 Å². The smallest absolute Gasteiger partial charge is 0.143 e. The lowest BCUT2D eigenvalue weighted by molar-refractivity contribution is -0.117. The fourth-order valence-electron chi connectivity index (χ4n) is 2.16. The second-order valence-corrected chi connectivity index (χ2v) is 6.04.